The van der Waals surface area contributed by atoms with Gasteiger partial charge in [0.25, 0.3) is 0 Å². The first kappa shape index (κ1) is 18.5. The molecule has 0 bridgehead atoms. The smallest absolute Gasteiger partial charge is 0.321 e. The van der Waals surface area contributed by atoms with Gasteiger partial charge in [-0.05, 0) is 17.7 Å². The summed E-state index contributed by atoms with van der Waals surface area (Å²) >= 11 is 4.61. The van der Waals surface area contributed by atoms with Crippen LogP contribution in [-0.2, 0) is 9.53 Å². The van der Waals surface area contributed by atoms with Gasteiger partial charge in [-0.15, -0.1) is 0 Å². The lowest BCUT2D eigenvalue weighted by atomic mass is 10.2. The monoisotopic (exact) mass is 412 g/mol. The standard InChI is InChI=1S/C15H17BrN4O3S/c1-23-7-6-17-14(22)20-13(21)9-24-15-18-8-12(19-15)10-2-4-11(16)5-3-10/h2-5,8H,6-7,9H2,1H3,(H,18,19)(H2,17,20,21,22). The molecule has 128 valence electrons. The first-order chi connectivity index (χ1) is 11.6. The molecule has 0 aliphatic heterocycles. The Morgan fingerprint density at radius 2 is 2.08 bits per heavy atom. The van der Waals surface area contributed by atoms with Crippen LogP contribution in [0, 0.1) is 0 Å². The van der Waals surface area contributed by atoms with E-state index in [0.717, 1.165) is 15.7 Å². The van der Waals surface area contributed by atoms with E-state index >= 15 is 0 Å². The van der Waals surface area contributed by atoms with E-state index in [9.17, 15) is 9.59 Å². The highest BCUT2D eigenvalue weighted by Crippen LogP contribution is 2.22. The number of hydrogen-bond acceptors (Lipinski definition) is 5. The van der Waals surface area contributed by atoms with E-state index in [-0.39, 0.29) is 5.75 Å². The molecular weight excluding hydrogens is 396 g/mol. The maximum atomic E-state index is 11.7. The summed E-state index contributed by atoms with van der Waals surface area (Å²) in [4.78, 5) is 30.5. The number of methoxy groups -OCH3 is 1. The summed E-state index contributed by atoms with van der Waals surface area (Å²) in [5, 5.41) is 5.37. The van der Waals surface area contributed by atoms with Crippen molar-refractivity contribution in [2.45, 2.75) is 5.16 Å². The van der Waals surface area contributed by atoms with Crippen LogP contribution in [-0.4, -0.2) is 47.9 Å². The van der Waals surface area contributed by atoms with Crippen molar-refractivity contribution in [3.05, 3.63) is 34.9 Å². The van der Waals surface area contributed by atoms with Crippen LogP contribution in [0.5, 0.6) is 0 Å². The number of carbonyl (C=O) groups excluding carboxylic acids is 2. The zero-order chi connectivity index (χ0) is 17.4. The van der Waals surface area contributed by atoms with Gasteiger partial charge in [0.15, 0.2) is 5.16 Å². The Morgan fingerprint density at radius 3 is 2.79 bits per heavy atom. The molecule has 0 radical (unpaired) electrons. The second-order valence-electron chi connectivity index (χ2n) is 4.69. The molecule has 0 fully saturated rings. The van der Waals surface area contributed by atoms with Gasteiger partial charge in [-0.2, -0.15) is 0 Å². The summed E-state index contributed by atoms with van der Waals surface area (Å²) in [7, 11) is 1.53. The molecule has 2 aromatic rings. The van der Waals surface area contributed by atoms with E-state index in [2.05, 4.69) is 36.5 Å². The molecule has 1 aromatic carbocycles. The molecule has 24 heavy (non-hydrogen) atoms. The second-order valence-corrected chi connectivity index (χ2v) is 6.57. The number of aromatic nitrogens is 2. The molecule has 3 N–H and O–H groups in total. The van der Waals surface area contributed by atoms with Gasteiger partial charge in [0.05, 0.1) is 24.3 Å². The fourth-order valence-electron chi connectivity index (χ4n) is 1.76. The van der Waals surface area contributed by atoms with Gasteiger partial charge in [-0.1, -0.05) is 39.8 Å². The average Bonchev–Trinajstić information content (AvgIpc) is 3.03. The molecule has 3 amide bonds. The number of rotatable bonds is 7. The van der Waals surface area contributed by atoms with E-state index in [1.54, 1.807) is 6.20 Å². The highest BCUT2D eigenvalue weighted by Gasteiger charge is 2.10. The molecule has 7 nitrogen and oxygen atoms in total. The SMILES string of the molecule is COCCNC(=O)NC(=O)CSc1ncc(-c2ccc(Br)cc2)[nH]1. The fourth-order valence-corrected chi connectivity index (χ4v) is 2.67. The molecule has 0 saturated heterocycles. The number of halogens is 1. The lowest BCUT2D eigenvalue weighted by molar-refractivity contribution is -0.117. The third-order valence-corrected chi connectivity index (χ3v) is 4.31. The van der Waals surface area contributed by atoms with Crippen LogP contribution in [0.4, 0.5) is 4.79 Å². The minimum Gasteiger partial charge on any atom is -0.383 e. The van der Waals surface area contributed by atoms with E-state index in [1.807, 2.05) is 24.3 Å². The predicted molar refractivity (Wildman–Crippen MR) is 95.9 cm³/mol. The molecule has 0 atom stereocenters. The van der Waals surface area contributed by atoms with Crippen molar-refractivity contribution in [3.63, 3.8) is 0 Å². The van der Waals surface area contributed by atoms with Crippen LogP contribution < -0.4 is 10.6 Å². The number of nitrogens with zero attached hydrogens (tertiary/aromatic N) is 1. The number of imide groups is 1. The Kier molecular flexibility index (Phi) is 7.29. The number of H-pyrrole nitrogens is 1. The van der Waals surface area contributed by atoms with Crippen LogP contribution in [0.25, 0.3) is 11.3 Å². The maximum Gasteiger partial charge on any atom is 0.321 e. The molecule has 9 heteroatoms. The number of imidazole rings is 1. The Hall–Kier alpha value is -1.84. The number of thioether (sulfide) groups is 1. The summed E-state index contributed by atoms with van der Waals surface area (Å²) < 4.78 is 5.80. The third-order valence-electron chi connectivity index (χ3n) is 2.89. The van der Waals surface area contributed by atoms with Crippen molar-refractivity contribution in [1.82, 2.24) is 20.6 Å². The van der Waals surface area contributed by atoms with Crippen LogP contribution in [0.2, 0.25) is 0 Å². The van der Waals surface area contributed by atoms with Crippen molar-refractivity contribution >= 4 is 39.6 Å². The quantitative estimate of drug-likeness (QED) is 0.479. The first-order valence-electron chi connectivity index (χ1n) is 7.09. The molecule has 0 aliphatic carbocycles. The number of benzene rings is 1. The number of amides is 3. The summed E-state index contributed by atoms with van der Waals surface area (Å²) in [6.07, 6.45) is 1.71. The zero-order valence-electron chi connectivity index (χ0n) is 13.0. The minimum absolute atomic E-state index is 0.0883. The fraction of sp³-hybridized carbons (Fsp3) is 0.267. The topological polar surface area (TPSA) is 96.1 Å². The largest absolute Gasteiger partial charge is 0.383 e. The number of nitrogens with one attached hydrogen (secondary N) is 3. The van der Waals surface area contributed by atoms with E-state index < -0.39 is 11.9 Å². The minimum atomic E-state index is -0.535. The Labute approximate surface area is 152 Å². The van der Waals surface area contributed by atoms with Crippen molar-refractivity contribution in [2.24, 2.45) is 0 Å². The van der Waals surface area contributed by atoms with Gasteiger partial charge in [0, 0.05) is 18.1 Å². The number of carbonyl (C=O) groups is 2. The van der Waals surface area contributed by atoms with Crippen molar-refractivity contribution in [3.8, 4) is 11.3 Å². The molecule has 0 saturated carbocycles. The van der Waals surface area contributed by atoms with Gasteiger partial charge in [0.1, 0.15) is 0 Å². The Bertz CT molecular complexity index is 690. The van der Waals surface area contributed by atoms with E-state index in [1.165, 1.54) is 18.9 Å². The molecule has 0 aliphatic rings. The van der Waals surface area contributed by atoms with Gasteiger partial charge >= 0.3 is 6.03 Å². The Balaban J connectivity index is 1.79. The highest BCUT2D eigenvalue weighted by molar-refractivity contribution is 9.10. The molecule has 0 spiro atoms. The average molecular weight is 413 g/mol. The van der Waals surface area contributed by atoms with Crippen LogP contribution >= 0.6 is 27.7 Å². The molecule has 0 unspecified atom stereocenters. The van der Waals surface area contributed by atoms with Gasteiger partial charge in [0.2, 0.25) is 5.91 Å². The van der Waals surface area contributed by atoms with E-state index in [0.29, 0.717) is 18.3 Å². The highest BCUT2D eigenvalue weighted by atomic mass is 79.9. The maximum absolute atomic E-state index is 11.7. The molecule has 2 rings (SSSR count). The van der Waals surface area contributed by atoms with Crippen molar-refractivity contribution in [2.75, 3.05) is 26.0 Å². The summed E-state index contributed by atoms with van der Waals surface area (Å²) in [5.74, 6) is -0.304. The van der Waals surface area contributed by atoms with Gasteiger partial charge in [-0.25, -0.2) is 9.78 Å². The summed E-state index contributed by atoms with van der Waals surface area (Å²) in [6, 6.07) is 7.27. The molecule has 1 aromatic heterocycles. The molecular formula is C15H17BrN4O3S. The number of ether oxygens (including phenoxy) is 1. The first-order valence-corrected chi connectivity index (χ1v) is 8.86. The van der Waals surface area contributed by atoms with Crippen molar-refractivity contribution < 1.29 is 14.3 Å². The van der Waals surface area contributed by atoms with Gasteiger partial charge in [-0.3, -0.25) is 10.1 Å². The summed E-state index contributed by atoms with van der Waals surface area (Å²) in [6.45, 7) is 0.735. The van der Waals surface area contributed by atoms with Crippen LogP contribution in [0.15, 0.2) is 40.1 Å². The van der Waals surface area contributed by atoms with Gasteiger partial charge < -0.3 is 15.0 Å². The van der Waals surface area contributed by atoms with Crippen LogP contribution in [0.3, 0.4) is 0 Å². The van der Waals surface area contributed by atoms with Crippen molar-refractivity contribution in [1.29, 1.82) is 0 Å². The lowest BCUT2D eigenvalue weighted by Crippen LogP contribution is -2.41. The van der Waals surface area contributed by atoms with Crippen LogP contribution in [0.1, 0.15) is 0 Å². The zero-order valence-corrected chi connectivity index (χ0v) is 15.4. The summed E-state index contributed by atoms with van der Waals surface area (Å²) in [5.41, 5.74) is 1.86. The number of urea groups is 1. The Morgan fingerprint density at radius 1 is 1.33 bits per heavy atom. The predicted octanol–water partition coefficient (Wildman–Crippen LogP) is 2.40. The third kappa shape index (κ3) is 5.99. The number of aromatic amines is 1. The van der Waals surface area contributed by atoms with E-state index in [4.69, 9.17) is 4.74 Å². The normalized spacial score (nSPS) is 10.4. The second kappa shape index (κ2) is 9.45. The number of hydrogen-bond donors (Lipinski definition) is 3. The lowest BCUT2D eigenvalue weighted by Gasteiger charge is -2.05. The molecule has 1 heterocycles.